The average Bonchev–Trinajstić information content (AvgIpc) is 2.81. The van der Waals surface area contributed by atoms with Gasteiger partial charge in [0.05, 0.1) is 12.8 Å². The lowest BCUT2D eigenvalue weighted by Gasteiger charge is -2.06. The van der Waals surface area contributed by atoms with E-state index in [1.54, 1.807) is 43.1 Å². The lowest BCUT2D eigenvalue weighted by Crippen LogP contribution is -2.15. The minimum atomic E-state index is -0.160. The Morgan fingerprint density at radius 2 is 2.05 bits per heavy atom. The van der Waals surface area contributed by atoms with Gasteiger partial charge in [0.2, 0.25) is 0 Å². The monoisotopic (exact) mass is 273 g/mol. The second-order valence-corrected chi connectivity index (χ2v) is 4.58. The van der Waals surface area contributed by atoms with Crippen molar-refractivity contribution in [2.75, 3.05) is 12.4 Å². The van der Waals surface area contributed by atoms with E-state index in [-0.39, 0.29) is 5.91 Å². The molecule has 0 bridgehead atoms. The highest BCUT2D eigenvalue weighted by atomic mass is 16.5. The van der Waals surface area contributed by atoms with Crippen LogP contribution in [0.1, 0.15) is 29.5 Å². The Labute approximate surface area is 118 Å². The third-order valence-electron chi connectivity index (χ3n) is 3.02. The zero-order chi connectivity index (χ0) is 14.5. The Hall–Kier alpha value is -2.30. The zero-order valence-corrected chi connectivity index (χ0v) is 12.0. The number of hydrogen-bond donors (Lipinski definition) is 1. The minimum absolute atomic E-state index is 0.160. The lowest BCUT2D eigenvalue weighted by atomic mass is 10.2. The number of amides is 1. The molecule has 106 valence electrons. The maximum Gasteiger partial charge on any atom is 0.273 e. The first-order valence-electron chi connectivity index (χ1n) is 6.62. The van der Waals surface area contributed by atoms with Gasteiger partial charge in [-0.25, -0.2) is 0 Å². The van der Waals surface area contributed by atoms with Gasteiger partial charge in [-0.3, -0.25) is 9.48 Å². The fourth-order valence-corrected chi connectivity index (χ4v) is 1.99. The van der Waals surface area contributed by atoms with Gasteiger partial charge in [-0.1, -0.05) is 13.3 Å². The molecule has 1 N–H and O–H groups in total. The molecule has 2 aromatic rings. The third-order valence-corrected chi connectivity index (χ3v) is 3.02. The molecule has 5 heteroatoms. The Kier molecular flexibility index (Phi) is 4.40. The van der Waals surface area contributed by atoms with Crippen molar-refractivity contribution in [3.05, 3.63) is 41.7 Å². The molecule has 0 aliphatic rings. The van der Waals surface area contributed by atoms with E-state index >= 15 is 0 Å². The highest BCUT2D eigenvalue weighted by molar-refractivity contribution is 6.03. The van der Waals surface area contributed by atoms with Gasteiger partial charge in [-0.15, -0.1) is 0 Å². The van der Waals surface area contributed by atoms with Crippen LogP contribution in [0.2, 0.25) is 0 Å². The summed E-state index contributed by atoms with van der Waals surface area (Å²) in [6.07, 6.45) is 1.89. The van der Waals surface area contributed by atoms with Crippen molar-refractivity contribution in [1.82, 2.24) is 9.78 Å². The maximum atomic E-state index is 12.2. The van der Waals surface area contributed by atoms with Gasteiger partial charge in [-0.05, 0) is 36.8 Å². The Morgan fingerprint density at radius 3 is 2.65 bits per heavy atom. The van der Waals surface area contributed by atoms with Crippen molar-refractivity contribution in [2.45, 2.75) is 19.8 Å². The van der Waals surface area contributed by atoms with E-state index in [0.29, 0.717) is 5.69 Å². The molecular formula is C15H19N3O2. The van der Waals surface area contributed by atoms with Crippen molar-refractivity contribution >= 4 is 11.6 Å². The van der Waals surface area contributed by atoms with Crippen LogP contribution in [-0.2, 0) is 13.5 Å². The number of aryl methyl sites for hydroxylation is 2. The van der Waals surface area contributed by atoms with Crippen LogP contribution >= 0.6 is 0 Å². The van der Waals surface area contributed by atoms with Gasteiger partial charge < -0.3 is 10.1 Å². The van der Waals surface area contributed by atoms with Crippen LogP contribution in [0.15, 0.2) is 30.3 Å². The number of anilines is 1. The number of hydrogen-bond acceptors (Lipinski definition) is 3. The fourth-order valence-electron chi connectivity index (χ4n) is 1.99. The van der Waals surface area contributed by atoms with Crippen molar-refractivity contribution < 1.29 is 9.53 Å². The molecule has 1 aromatic carbocycles. The number of nitrogens with one attached hydrogen (secondary N) is 1. The standard InChI is InChI=1S/C15H19N3O2/c1-4-5-12-10-14(18(2)17-12)15(19)16-11-6-8-13(20-3)9-7-11/h6-10H,4-5H2,1-3H3,(H,16,19). The van der Waals surface area contributed by atoms with E-state index in [2.05, 4.69) is 17.3 Å². The Bertz CT molecular complexity index is 588. The summed E-state index contributed by atoms with van der Waals surface area (Å²) in [5.74, 6) is 0.598. The Balaban J connectivity index is 2.10. The zero-order valence-electron chi connectivity index (χ0n) is 12.0. The van der Waals surface area contributed by atoms with Crippen molar-refractivity contribution in [3.63, 3.8) is 0 Å². The summed E-state index contributed by atoms with van der Waals surface area (Å²) in [4.78, 5) is 12.2. The molecule has 5 nitrogen and oxygen atoms in total. The second-order valence-electron chi connectivity index (χ2n) is 4.58. The first-order valence-corrected chi connectivity index (χ1v) is 6.62. The molecule has 0 spiro atoms. The molecule has 0 fully saturated rings. The van der Waals surface area contributed by atoms with E-state index in [1.165, 1.54) is 0 Å². The molecule has 0 unspecified atom stereocenters. The van der Waals surface area contributed by atoms with E-state index in [0.717, 1.165) is 30.0 Å². The van der Waals surface area contributed by atoms with Crippen LogP contribution < -0.4 is 10.1 Å². The summed E-state index contributed by atoms with van der Waals surface area (Å²) in [5, 5.41) is 7.18. The molecule has 0 aliphatic heterocycles. The summed E-state index contributed by atoms with van der Waals surface area (Å²) >= 11 is 0. The maximum absolute atomic E-state index is 12.2. The van der Waals surface area contributed by atoms with Crippen LogP contribution in [0.5, 0.6) is 5.75 Å². The number of carbonyl (C=O) groups excluding carboxylic acids is 1. The lowest BCUT2D eigenvalue weighted by molar-refractivity contribution is 0.101. The van der Waals surface area contributed by atoms with Crippen LogP contribution in [0.3, 0.4) is 0 Å². The van der Waals surface area contributed by atoms with Crippen LogP contribution in [-0.4, -0.2) is 22.8 Å². The molecule has 20 heavy (non-hydrogen) atoms. The molecule has 1 amide bonds. The molecule has 1 aromatic heterocycles. The molecule has 0 aliphatic carbocycles. The van der Waals surface area contributed by atoms with Crippen molar-refractivity contribution in [3.8, 4) is 5.75 Å². The summed E-state index contributed by atoms with van der Waals surface area (Å²) in [7, 11) is 3.39. The van der Waals surface area contributed by atoms with Gasteiger partial charge >= 0.3 is 0 Å². The molecule has 0 saturated carbocycles. The first-order chi connectivity index (χ1) is 9.63. The molecule has 0 atom stereocenters. The number of rotatable bonds is 5. The number of ether oxygens (including phenoxy) is 1. The quantitative estimate of drug-likeness (QED) is 0.911. The highest BCUT2D eigenvalue weighted by Gasteiger charge is 2.13. The largest absolute Gasteiger partial charge is 0.497 e. The van der Waals surface area contributed by atoms with Crippen molar-refractivity contribution in [2.24, 2.45) is 7.05 Å². The van der Waals surface area contributed by atoms with Gasteiger partial charge in [-0.2, -0.15) is 5.10 Å². The van der Waals surface area contributed by atoms with Crippen LogP contribution in [0.25, 0.3) is 0 Å². The van der Waals surface area contributed by atoms with Gasteiger partial charge in [0.25, 0.3) is 5.91 Å². The summed E-state index contributed by atoms with van der Waals surface area (Å²) in [6.45, 7) is 2.09. The molecule has 0 radical (unpaired) electrons. The summed E-state index contributed by atoms with van der Waals surface area (Å²) in [5.41, 5.74) is 2.23. The number of nitrogens with zero attached hydrogens (tertiary/aromatic N) is 2. The third kappa shape index (κ3) is 3.17. The van der Waals surface area contributed by atoms with E-state index in [9.17, 15) is 4.79 Å². The summed E-state index contributed by atoms with van der Waals surface area (Å²) in [6, 6.07) is 9.06. The molecule has 0 saturated heterocycles. The smallest absolute Gasteiger partial charge is 0.273 e. The predicted molar refractivity (Wildman–Crippen MR) is 78.2 cm³/mol. The molecular weight excluding hydrogens is 254 g/mol. The minimum Gasteiger partial charge on any atom is -0.497 e. The Morgan fingerprint density at radius 1 is 1.35 bits per heavy atom. The average molecular weight is 273 g/mol. The SMILES string of the molecule is CCCc1cc(C(=O)Nc2ccc(OC)cc2)n(C)n1. The van der Waals surface area contributed by atoms with Crippen LogP contribution in [0.4, 0.5) is 5.69 Å². The first kappa shape index (κ1) is 14.1. The van der Waals surface area contributed by atoms with E-state index in [1.807, 2.05) is 6.07 Å². The normalized spacial score (nSPS) is 10.3. The molecule has 1 heterocycles. The van der Waals surface area contributed by atoms with Gasteiger partial charge in [0.1, 0.15) is 11.4 Å². The summed E-state index contributed by atoms with van der Waals surface area (Å²) < 4.78 is 6.70. The van der Waals surface area contributed by atoms with Gasteiger partial charge in [0, 0.05) is 12.7 Å². The number of methoxy groups -OCH3 is 1. The number of carbonyl (C=O) groups is 1. The predicted octanol–water partition coefficient (Wildman–Crippen LogP) is 2.63. The molecule has 2 rings (SSSR count). The van der Waals surface area contributed by atoms with Gasteiger partial charge in [0.15, 0.2) is 0 Å². The van der Waals surface area contributed by atoms with E-state index < -0.39 is 0 Å². The topological polar surface area (TPSA) is 56.1 Å². The van der Waals surface area contributed by atoms with E-state index in [4.69, 9.17) is 4.74 Å². The second kappa shape index (κ2) is 6.23. The number of aromatic nitrogens is 2. The van der Waals surface area contributed by atoms with Crippen molar-refractivity contribution in [1.29, 1.82) is 0 Å². The highest BCUT2D eigenvalue weighted by Crippen LogP contribution is 2.16. The fraction of sp³-hybridized carbons (Fsp3) is 0.333. The van der Waals surface area contributed by atoms with Crippen LogP contribution in [0, 0.1) is 0 Å². The number of benzene rings is 1.